The van der Waals surface area contributed by atoms with Crippen LogP contribution < -0.4 is 0 Å². The van der Waals surface area contributed by atoms with Crippen LogP contribution in [0.4, 0.5) is 0 Å². The lowest BCUT2D eigenvalue weighted by molar-refractivity contribution is -0.515. The number of thioether (sulfide) groups is 2. The van der Waals surface area contributed by atoms with Gasteiger partial charge >= 0.3 is 0 Å². The first-order chi connectivity index (χ1) is 7.85. The fourth-order valence-corrected chi connectivity index (χ4v) is 10.3. The average Bonchev–Trinajstić information content (AvgIpc) is 2.64. The quantitative estimate of drug-likeness (QED) is 0.559. The average molecular weight is 359 g/mol. The second-order valence-electron chi connectivity index (χ2n) is 4.48. The first-order valence-electron chi connectivity index (χ1n) is 5.68. The highest BCUT2D eigenvalue weighted by Gasteiger charge is 2.62. The van der Waals surface area contributed by atoms with Gasteiger partial charge in [-0.05, 0) is 44.3 Å². The SMILES string of the molecule is CC[N+](CC)=C1S[C@H]2CS(=O)(=O)[C@H](Br)[C@@]2(C)S1. The van der Waals surface area contributed by atoms with Gasteiger partial charge in [-0.25, -0.2) is 13.0 Å². The van der Waals surface area contributed by atoms with Crippen LogP contribution in [0, 0.1) is 0 Å². The van der Waals surface area contributed by atoms with Gasteiger partial charge in [-0.1, -0.05) is 15.9 Å². The molecule has 2 saturated heterocycles. The van der Waals surface area contributed by atoms with Gasteiger partial charge in [0.2, 0.25) is 0 Å². The zero-order chi connectivity index (χ0) is 12.8. The predicted molar refractivity (Wildman–Crippen MR) is 80.2 cm³/mol. The molecule has 0 aliphatic carbocycles. The third-order valence-corrected chi connectivity index (χ3v) is 12.1. The zero-order valence-electron chi connectivity index (χ0n) is 10.1. The van der Waals surface area contributed by atoms with Gasteiger partial charge in [0.15, 0.2) is 9.84 Å². The number of alkyl halides is 1. The van der Waals surface area contributed by atoms with E-state index in [1.807, 2.05) is 0 Å². The second kappa shape index (κ2) is 4.72. The van der Waals surface area contributed by atoms with E-state index in [0.29, 0.717) is 5.75 Å². The molecule has 2 fully saturated rings. The summed E-state index contributed by atoms with van der Waals surface area (Å²) in [6, 6.07) is 0. The van der Waals surface area contributed by atoms with Gasteiger partial charge in [0.25, 0.3) is 4.38 Å². The minimum atomic E-state index is -2.96. The topological polar surface area (TPSA) is 37.1 Å². The maximum atomic E-state index is 11.9. The Morgan fingerprint density at radius 3 is 2.53 bits per heavy atom. The van der Waals surface area contributed by atoms with Gasteiger partial charge in [-0.2, -0.15) is 0 Å². The predicted octanol–water partition coefficient (Wildman–Crippen LogP) is 2.15. The van der Waals surface area contributed by atoms with Crippen LogP contribution in [0.5, 0.6) is 0 Å². The summed E-state index contributed by atoms with van der Waals surface area (Å²) in [6.45, 7) is 8.30. The summed E-state index contributed by atoms with van der Waals surface area (Å²) >= 11 is 6.86. The molecular formula is C10H17BrNO2S3+. The molecule has 0 amide bonds. The van der Waals surface area contributed by atoms with Crippen molar-refractivity contribution < 1.29 is 13.0 Å². The van der Waals surface area contributed by atoms with E-state index in [4.69, 9.17) is 0 Å². The van der Waals surface area contributed by atoms with Crippen LogP contribution in [0.3, 0.4) is 0 Å². The Bertz CT molecular complexity index is 456. The van der Waals surface area contributed by atoms with Crippen molar-refractivity contribution in [1.82, 2.24) is 0 Å². The summed E-state index contributed by atoms with van der Waals surface area (Å²) in [5.41, 5.74) is 0. The molecule has 0 N–H and O–H groups in total. The Morgan fingerprint density at radius 1 is 1.47 bits per heavy atom. The Balaban J connectivity index is 2.34. The number of hydrogen-bond donors (Lipinski definition) is 0. The van der Waals surface area contributed by atoms with Crippen molar-refractivity contribution in [2.24, 2.45) is 0 Å². The maximum Gasteiger partial charge on any atom is 0.270 e. The Hall–Kier alpha value is 0.800. The monoisotopic (exact) mass is 358 g/mol. The van der Waals surface area contributed by atoms with Gasteiger partial charge < -0.3 is 0 Å². The fourth-order valence-electron chi connectivity index (χ4n) is 2.18. The summed E-state index contributed by atoms with van der Waals surface area (Å²) in [6.07, 6.45) is 0. The smallest absolute Gasteiger partial charge is 0.228 e. The normalized spacial score (nSPS) is 39.4. The Kier molecular flexibility index (Phi) is 3.95. The van der Waals surface area contributed by atoms with Crippen molar-refractivity contribution in [2.45, 2.75) is 34.9 Å². The lowest BCUT2D eigenvalue weighted by Crippen LogP contribution is -2.33. The number of fused-ring (bicyclic) bond motifs is 1. The van der Waals surface area contributed by atoms with Gasteiger partial charge in [0, 0.05) is 5.25 Å². The number of nitrogens with zero attached hydrogens (tertiary/aromatic N) is 1. The molecule has 17 heavy (non-hydrogen) atoms. The molecule has 0 radical (unpaired) electrons. The standard InChI is InChI=1S/C10H17BrNO2S3/c1-4-12(5-2)9-15-7-6-17(13,14)8(11)10(7,3)16-9/h7-8H,4-6H2,1-3H3/q+1/t7-,8-,10-/m0/s1. The molecule has 0 unspecified atom stereocenters. The lowest BCUT2D eigenvalue weighted by atomic mass is 10.1. The molecule has 0 aromatic heterocycles. The third kappa shape index (κ3) is 2.21. The summed E-state index contributed by atoms with van der Waals surface area (Å²) in [7, 11) is -2.96. The highest BCUT2D eigenvalue weighted by Crippen LogP contribution is 2.57. The third-order valence-electron chi connectivity index (χ3n) is 3.36. The highest BCUT2D eigenvalue weighted by atomic mass is 79.9. The molecule has 3 nitrogen and oxygen atoms in total. The molecule has 0 aromatic carbocycles. The molecule has 2 rings (SSSR count). The van der Waals surface area contributed by atoms with Crippen molar-refractivity contribution in [3.63, 3.8) is 0 Å². The molecule has 0 saturated carbocycles. The summed E-state index contributed by atoms with van der Waals surface area (Å²) in [5, 5.41) is 0.178. The first-order valence-corrected chi connectivity index (χ1v) is 10.0. The molecule has 3 atom stereocenters. The molecule has 98 valence electrons. The van der Waals surface area contributed by atoms with E-state index < -0.39 is 14.0 Å². The van der Waals surface area contributed by atoms with E-state index in [0.717, 1.165) is 13.1 Å². The van der Waals surface area contributed by atoms with E-state index in [-0.39, 0.29) is 10.00 Å². The zero-order valence-corrected chi connectivity index (χ0v) is 14.2. The van der Waals surface area contributed by atoms with Gasteiger partial charge in [0.05, 0.1) is 10.5 Å². The van der Waals surface area contributed by atoms with Crippen molar-refractivity contribution in [3.8, 4) is 0 Å². The largest absolute Gasteiger partial charge is 0.270 e. The highest BCUT2D eigenvalue weighted by molar-refractivity contribution is 9.11. The van der Waals surface area contributed by atoms with Crippen LogP contribution >= 0.6 is 39.5 Å². The molecule has 2 heterocycles. The minimum Gasteiger partial charge on any atom is -0.228 e. The van der Waals surface area contributed by atoms with E-state index in [1.165, 1.54) is 4.38 Å². The molecule has 0 aromatic rings. The second-order valence-corrected chi connectivity index (χ2v) is 11.0. The van der Waals surface area contributed by atoms with Crippen LogP contribution in [0.25, 0.3) is 0 Å². The maximum absolute atomic E-state index is 11.9. The molecule has 0 spiro atoms. The molecular weight excluding hydrogens is 342 g/mol. The summed E-state index contributed by atoms with van der Waals surface area (Å²) < 4.78 is 26.8. The number of hydrogen-bond acceptors (Lipinski definition) is 4. The van der Waals surface area contributed by atoms with Crippen molar-refractivity contribution in [3.05, 3.63) is 0 Å². The van der Waals surface area contributed by atoms with Gasteiger partial charge in [0.1, 0.15) is 17.2 Å². The Morgan fingerprint density at radius 2 is 2.06 bits per heavy atom. The van der Waals surface area contributed by atoms with Crippen LogP contribution in [0.2, 0.25) is 0 Å². The van der Waals surface area contributed by atoms with Crippen LogP contribution in [0.15, 0.2) is 0 Å². The van der Waals surface area contributed by atoms with Gasteiger partial charge in [-0.15, -0.1) is 0 Å². The molecule has 7 heteroatoms. The molecule has 0 bridgehead atoms. The summed E-state index contributed by atoms with van der Waals surface area (Å²) in [4.78, 5) is 0. The van der Waals surface area contributed by atoms with E-state index in [1.54, 1.807) is 23.5 Å². The Labute approximate surface area is 120 Å². The van der Waals surface area contributed by atoms with E-state index in [9.17, 15) is 8.42 Å². The van der Waals surface area contributed by atoms with Crippen LogP contribution in [-0.2, 0) is 9.84 Å². The fraction of sp³-hybridized carbons (Fsp3) is 0.900. The number of rotatable bonds is 2. The van der Waals surface area contributed by atoms with Crippen LogP contribution in [0.1, 0.15) is 20.8 Å². The molecule has 2 aliphatic rings. The van der Waals surface area contributed by atoms with E-state index >= 15 is 0 Å². The van der Waals surface area contributed by atoms with Crippen molar-refractivity contribution in [2.75, 3.05) is 18.8 Å². The van der Waals surface area contributed by atoms with Crippen LogP contribution in [-0.4, -0.2) is 50.4 Å². The van der Waals surface area contributed by atoms with E-state index in [2.05, 4.69) is 41.3 Å². The van der Waals surface area contributed by atoms with Gasteiger partial charge in [-0.3, -0.25) is 0 Å². The number of sulfone groups is 1. The first kappa shape index (κ1) is 14.2. The number of halogens is 1. The summed E-state index contributed by atoms with van der Waals surface area (Å²) in [5.74, 6) is 0.294. The molecule has 2 aliphatic heterocycles. The van der Waals surface area contributed by atoms with Crippen molar-refractivity contribution in [1.29, 1.82) is 0 Å². The minimum absolute atomic E-state index is 0.178. The lowest BCUT2D eigenvalue weighted by Gasteiger charge is -2.21. The van der Waals surface area contributed by atoms with Crippen molar-refractivity contribution >= 4 is 53.7 Å².